The van der Waals surface area contributed by atoms with E-state index in [1.54, 1.807) is 17.7 Å². The number of aromatic nitrogens is 3. The summed E-state index contributed by atoms with van der Waals surface area (Å²) in [5, 5.41) is 8.19. The predicted molar refractivity (Wildman–Crippen MR) is 89.8 cm³/mol. The van der Waals surface area contributed by atoms with Gasteiger partial charge in [-0.15, -0.1) is 21.5 Å². The molecular weight excluding hydrogens is 308 g/mol. The summed E-state index contributed by atoms with van der Waals surface area (Å²) in [6.45, 7) is 1.64. The number of hydrogen-bond donors (Lipinski definition) is 0. The van der Waals surface area contributed by atoms with Crippen LogP contribution in [0.5, 0.6) is 0 Å². The number of amides is 1. The SMILES string of the molecule is Cn1cnnc1C1CCN(C(=O)c2cc3c(s2)CCCC3)CC1. The smallest absolute Gasteiger partial charge is 0.263 e. The van der Waals surface area contributed by atoms with Gasteiger partial charge in [0.15, 0.2) is 0 Å². The van der Waals surface area contributed by atoms with E-state index in [9.17, 15) is 4.79 Å². The Kier molecular flexibility index (Phi) is 3.93. The number of hydrogen-bond acceptors (Lipinski definition) is 4. The van der Waals surface area contributed by atoms with Gasteiger partial charge in [0, 0.05) is 30.9 Å². The number of carbonyl (C=O) groups excluding carboxylic acids is 1. The van der Waals surface area contributed by atoms with Gasteiger partial charge in [0.1, 0.15) is 12.2 Å². The highest BCUT2D eigenvalue weighted by molar-refractivity contribution is 7.14. The van der Waals surface area contributed by atoms with E-state index >= 15 is 0 Å². The summed E-state index contributed by atoms with van der Waals surface area (Å²) < 4.78 is 2.00. The van der Waals surface area contributed by atoms with Crippen molar-refractivity contribution >= 4 is 17.2 Å². The summed E-state index contributed by atoms with van der Waals surface area (Å²) in [7, 11) is 1.99. The maximum Gasteiger partial charge on any atom is 0.263 e. The van der Waals surface area contributed by atoms with Crippen molar-refractivity contribution in [2.75, 3.05) is 13.1 Å². The molecule has 0 spiro atoms. The van der Waals surface area contributed by atoms with Crippen molar-refractivity contribution < 1.29 is 4.79 Å². The van der Waals surface area contributed by atoms with Crippen molar-refractivity contribution in [3.63, 3.8) is 0 Å². The molecule has 0 atom stereocenters. The van der Waals surface area contributed by atoms with Gasteiger partial charge in [-0.25, -0.2) is 0 Å². The standard InChI is InChI=1S/C17H22N4OS/c1-20-11-18-19-16(20)12-6-8-21(9-7-12)17(22)15-10-13-4-2-3-5-14(13)23-15/h10-12H,2-9H2,1H3. The van der Waals surface area contributed by atoms with Gasteiger partial charge in [-0.2, -0.15) is 0 Å². The summed E-state index contributed by atoms with van der Waals surface area (Å²) in [4.78, 5) is 17.2. The highest BCUT2D eigenvalue weighted by Gasteiger charge is 2.28. The Morgan fingerprint density at radius 3 is 2.74 bits per heavy atom. The van der Waals surface area contributed by atoms with Crippen LogP contribution in [0.3, 0.4) is 0 Å². The Morgan fingerprint density at radius 2 is 2.04 bits per heavy atom. The molecular formula is C17H22N4OS. The Balaban J connectivity index is 1.43. The van der Waals surface area contributed by atoms with Crippen LogP contribution in [0.2, 0.25) is 0 Å². The first-order valence-electron chi connectivity index (χ1n) is 8.47. The fraction of sp³-hybridized carbons (Fsp3) is 0.588. The van der Waals surface area contributed by atoms with Gasteiger partial charge in [0.25, 0.3) is 5.91 Å². The number of nitrogens with zero attached hydrogens (tertiary/aromatic N) is 4. The highest BCUT2D eigenvalue weighted by Crippen LogP contribution is 2.32. The van der Waals surface area contributed by atoms with Crippen molar-refractivity contribution in [2.24, 2.45) is 7.05 Å². The van der Waals surface area contributed by atoms with E-state index in [1.807, 2.05) is 16.5 Å². The van der Waals surface area contributed by atoms with Gasteiger partial charge in [0.2, 0.25) is 0 Å². The minimum absolute atomic E-state index is 0.223. The first-order valence-corrected chi connectivity index (χ1v) is 9.29. The molecule has 1 saturated heterocycles. The molecule has 1 fully saturated rings. The zero-order valence-electron chi connectivity index (χ0n) is 13.5. The molecule has 23 heavy (non-hydrogen) atoms. The zero-order chi connectivity index (χ0) is 15.8. The molecule has 4 rings (SSSR count). The van der Waals surface area contributed by atoms with Gasteiger partial charge < -0.3 is 9.47 Å². The lowest BCUT2D eigenvalue weighted by Gasteiger charge is -2.31. The number of thiophene rings is 1. The first-order chi connectivity index (χ1) is 11.2. The van der Waals surface area contributed by atoms with Crippen molar-refractivity contribution in [1.29, 1.82) is 0 Å². The highest BCUT2D eigenvalue weighted by atomic mass is 32.1. The number of piperidine rings is 1. The maximum absolute atomic E-state index is 12.8. The van der Waals surface area contributed by atoms with E-state index in [4.69, 9.17) is 0 Å². The molecule has 0 N–H and O–H groups in total. The molecule has 2 aromatic heterocycles. The van der Waals surface area contributed by atoms with Crippen LogP contribution in [-0.4, -0.2) is 38.7 Å². The summed E-state index contributed by atoms with van der Waals surface area (Å²) in [6.07, 6.45) is 8.54. The lowest BCUT2D eigenvalue weighted by atomic mass is 9.95. The molecule has 0 radical (unpaired) electrons. The quantitative estimate of drug-likeness (QED) is 0.851. The van der Waals surface area contributed by atoms with E-state index in [0.29, 0.717) is 5.92 Å². The number of fused-ring (bicyclic) bond motifs is 1. The molecule has 2 aromatic rings. The van der Waals surface area contributed by atoms with Crippen LogP contribution in [0.4, 0.5) is 0 Å². The van der Waals surface area contributed by atoms with Crippen LogP contribution >= 0.6 is 11.3 Å². The maximum atomic E-state index is 12.8. The molecule has 0 bridgehead atoms. The van der Waals surface area contributed by atoms with Crippen LogP contribution < -0.4 is 0 Å². The molecule has 0 unspecified atom stereocenters. The molecule has 1 amide bonds. The summed E-state index contributed by atoms with van der Waals surface area (Å²) in [6, 6.07) is 2.15. The number of rotatable bonds is 2. The Morgan fingerprint density at radius 1 is 1.26 bits per heavy atom. The van der Waals surface area contributed by atoms with Gasteiger partial charge in [0.05, 0.1) is 4.88 Å². The van der Waals surface area contributed by atoms with Crippen molar-refractivity contribution in [2.45, 2.75) is 44.4 Å². The third-order valence-corrected chi connectivity index (χ3v) is 6.33. The Labute approximate surface area is 140 Å². The first kappa shape index (κ1) is 14.9. The van der Waals surface area contributed by atoms with Crippen LogP contribution in [0.1, 0.15) is 57.5 Å². The molecule has 0 aromatic carbocycles. The second-order valence-electron chi connectivity index (χ2n) is 6.63. The molecule has 3 heterocycles. The average molecular weight is 330 g/mol. The number of likely N-dealkylation sites (tertiary alicyclic amines) is 1. The summed E-state index contributed by atoms with van der Waals surface area (Å²) >= 11 is 1.72. The average Bonchev–Trinajstić information content (AvgIpc) is 3.20. The summed E-state index contributed by atoms with van der Waals surface area (Å²) in [5.74, 6) is 1.69. The van der Waals surface area contributed by atoms with Crippen LogP contribution in [-0.2, 0) is 19.9 Å². The van der Waals surface area contributed by atoms with E-state index < -0.39 is 0 Å². The lowest BCUT2D eigenvalue weighted by Crippen LogP contribution is -2.38. The van der Waals surface area contributed by atoms with Gasteiger partial charge >= 0.3 is 0 Å². The van der Waals surface area contributed by atoms with Crippen molar-refractivity contribution in [3.8, 4) is 0 Å². The molecule has 122 valence electrons. The fourth-order valence-corrected chi connectivity index (χ4v) is 4.98. The Bertz CT molecular complexity index is 689. The number of aryl methyl sites for hydroxylation is 3. The van der Waals surface area contributed by atoms with Gasteiger partial charge in [-0.1, -0.05) is 0 Å². The van der Waals surface area contributed by atoms with Gasteiger partial charge in [-0.05, 0) is 50.2 Å². The zero-order valence-corrected chi connectivity index (χ0v) is 14.3. The largest absolute Gasteiger partial charge is 0.338 e. The molecule has 2 aliphatic rings. The van der Waals surface area contributed by atoms with Crippen LogP contribution in [0.15, 0.2) is 12.4 Å². The van der Waals surface area contributed by atoms with E-state index in [2.05, 4.69) is 16.3 Å². The topological polar surface area (TPSA) is 51.0 Å². The molecule has 6 heteroatoms. The molecule has 1 aliphatic carbocycles. The second kappa shape index (κ2) is 6.07. The predicted octanol–water partition coefficient (Wildman–Crippen LogP) is 2.78. The fourth-order valence-electron chi connectivity index (χ4n) is 3.75. The minimum Gasteiger partial charge on any atom is -0.338 e. The van der Waals surface area contributed by atoms with Crippen molar-refractivity contribution in [3.05, 3.63) is 33.5 Å². The van der Waals surface area contributed by atoms with E-state index in [1.165, 1.54) is 23.3 Å². The van der Waals surface area contributed by atoms with Gasteiger partial charge in [-0.3, -0.25) is 4.79 Å². The molecule has 0 saturated carbocycles. The monoisotopic (exact) mass is 330 g/mol. The third-order valence-electron chi connectivity index (χ3n) is 5.10. The molecule has 1 aliphatic heterocycles. The normalized spacial score (nSPS) is 18.9. The number of carbonyl (C=O) groups is 1. The van der Waals surface area contributed by atoms with Crippen LogP contribution in [0, 0.1) is 0 Å². The lowest BCUT2D eigenvalue weighted by molar-refractivity contribution is 0.0715. The Hall–Kier alpha value is -1.69. The van der Waals surface area contributed by atoms with E-state index in [0.717, 1.165) is 49.5 Å². The van der Waals surface area contributed by atoms with Crippen molar-refractivity contribution in [1.82, 2.24) is 19.7 Å². The second-order valence-corrected chi connectivity index (χ2v) is 7.77. The van der Waals surface area contributed by atoms with E-state index in [-0.39, 0.29) is 5.91 Å². The summed E-state index contributed by atoms with van der Waals surface area (Å²) in [5.41, 5.74) is 1.42. The minimum atomic E-state index is 0.223. The van der Waals surface area contributed by atoms with Crippen LogP contribution in [0.25, 0.3) is 0 Å². The molecule has 5 nitrogen and oxygen atoms in total. The third kappa shape index (κ3) is 2.80.